The lowest BCUT2D eigenvalue weighted by molar-refractivity contribution is -0.153. The van der Waals surface area contributed by atoms with E-state index in [1.165, 1.54) is 12.8 Å². The molecule has 0 aromatic carbocycles. The van der Waals surface area contributed by atoms with E-state index < -0.39 is 11.5 Å². The molecule has 4 atom stereocenters. The zero-order chi connectivity index (χ0) is 14.6. The Morgan fingerprint density at radius 3 is 2.95 bits per heavy atom. The normalized spacial score (nSPS) is 41.1. The van der Waals surface area contributed by atoms with Gasteiger partial charge in [-0.15, -0.1) is 0 Å². The zero-order valence-corrected chi connectivity index (χ0v) is 12.3. The fraction of sp³-hybridized carbons (Fsp3) is 0.750. The van der Waals surface area contributed by atoms with Crippen molar-refractivity contribution >= 4 is 11.9 Å². The first-order valence-corrected chi connectivity index (χ1v) is 8.00. The van der Waals surface area contributed by atoms with Crippen LogP contribution in [0.2, 0.25) is 0 Å². The van der Waals surface area contributed by atoms with E-state index >= 15 is 0 Å². The van der Waals surface area contributed by atoms with Gasteiger partial charge in [0.15, 0.2) is 0 Å². The van der Waals surface area contributed by atoms with Crippen molar-refractivity contribution in [1.29, 1.82) is 0 Å². The number of hydrogen-bond acceptors (Lipinski definition) is 4. The lowest BCUT2D eigenvalue weighted by Crippen LogP contribution is -2.41. The van der Waals surface area contributed by atoms with Gasteiger partial charge in [-0.2, -0.15) is 0 Å². The largest absolute Gasteiger partial charge is 0.466 e. The summed E-state index contributed by atoms with van der Waals surface area (Å²) in [4.78, 5) is 27.1. The Balaban J connectivity index is 1.63. The van der Waals surface area contributed by atoms with E-state index in [2.05, 4.69) is 0 Å². The highest BCUT2D eigenvalue weighted by Gasteiger charge is 2.67. The molecule has 1 amide bonds. The van der Waals surface area contributed by atoms with Gasteiger partial charge >= 0.3 is 5.97 Å². The molecule has 5 heteroatoms. The van der Waals surface area contributed by atoms with Crippen LogP contribution in [0.1, 0.15) is 32.6 Å². The van der Waals surface area contributed by atoms with Gasteiger partial charge < -0.3 is 14.4 Å². The summed E-state index contributed by atoms with van der Waals surface area (Å²) in [6, 6.07) is 0.330. The third-order valence-corrected chi connectivity index (χ3v) is 5.45. The van der Waals surface area contributed by atoms with Gasteiger partial charge in [-0.3, -0.25) is 9.59 Å². The highest BCUT2D eigenvalue weighted by molar-refractivity contribution is 5.91. The van der Waals surface area contributed by atoms with Crippen LogP contribution in [-0.4, -0.2) is 47.7 Å². The van der Waals surface area contributed by atoms with Crippen molar-refractivity contribution in [3.63, 3.8) is 0 Å². The van der Waals surface area contributed by atoms with Crippen LogP contribution in [0.3, 0.4) is 0 Å². The third kappa shape index (κ3) is 1.73. The number of rotatable bonds is 3. The molecule has 2 saturated heterocycles. The molecule has 3 aliphatic heterocycles. The van der Waals surface area contributed by atoms with Gasteiger partial charge in [-0.05, 0) is 19.8 Å². The highest BCUT2D eigenvalue weighted by Crippen LogP contribution is 2.53. The molecule has 3 heterocycles. The number of ether oxygens (including phenoxy) is 2. The molecule has 5 nitrogen and oxygen atoms in total. The number of carbonyl (C=O) groups is 2. The molecular weight excluding hydrogens is 270 g/mol. The van der Waals surface area contributed by atoms with Crippen molar-refractivity contribution in [2.75, 3.05) is 13.2 Å². The number of nitrogens with zero attached hydrogens (tertiary/aromatic N) is 1. The molecule has 21 heavy (non-hydrogen) atoms. The summed E-state index contributed by atoms with van der Waals surface area (Å²) in [5.41, 5.74) is -0.582. The standard InChI is InChI=1S/C16H21NO4/c1-2-20-15(19)12-11-7-8-16(21-11)9-17(14(18)13(12)16)10-5-3-4-6-10/h7-8,10-13H,2-6,9H2,1H3/t11-,12+,13-,16+/m0/s1. The SMILES string of the molecule is CCOC(=O)[C@@H]1[C@@H]2C=C[C@]3(CN(C4CCCC4)C(=O)[C@H]13)O2. The Morgan fingerprint density at radius 1 is 1.48 bits per heavy atom. The molecule has 1 saturated carbocycles. The fourth-order valence-corrected chi connectivity index (χ4v) is 4.56. The first-order chi connectivity index (χ1) is 10.2. The minimum Gasteiger partial charge on any atom is -0.466 e. The van der Waals surface area contributed by atoms with E-state index in [1.54, 1.807) is 6.92 Å². The Hall–Kier alpha value is -1.36. The summed E-state index contributed by atoms with van der Waals surface area (Å²) >= 11 is 0. The van der Waals surface area contributed by atoms with Crippen LogP contribution in [0.5, 0.6) is 0 Å². The lowest BCUT2D eigenvalue weighted by atomic mass is 9.77. The lowest BCUT2D eigenvalue weighted by Gasteiger charge is -2.26. The topological polar surface area (TPSA) is 55.8 Å². The summed E-state index contributed by atoms with van der Waals surface area (Å²) in [6.07, 6.45) is 8.18. The molecule has 2 bridgehead atoms. The molecule has 4 rings (SSSR count). The van der Waals surface area contributed by atoms with Gasteiger partial charge in [0.25, 0.3) is 0 Å². The fourth-order valence-electron chi connectivity index (χ4n) is 4.56. The Bertz CT molecular complexity index is 510. The van der Waals surface area contributed by atoms with E-state index in [9.17, 15) is 9.59 Å². The summed E-state index contributed by atoms with van der Waals surface area (Å²) in [5, 5.41) is 0. The second-order valence-electron chi connectivity index (χ2n) is 6.56. The molecule has 4 aliphatic rings. The third-order valence-electron chi connectivity index (χ3n) is 5.45. The number of esters is 1. The van der Waals surface area contributed by atoms with Crippen molar-refractivity contribution in [3.05, 3.63) is 12.2 Å². The maximum atomic E-state index is 12.9. The van der Waals surface area contributed by atoms with E-state index in [4.69, 9.17) is 9.47 Å². The second kappa shape index (κ2) is 4.57. The molecule has 114 valence electrons. The molecular formula is C16H21NO4. The highest BCUT2D eigenvalue weighted by atomic mass is 16.6. The van der Waals surface area contributed by atoms with E-state index in [0.717, 1.165) is 12.8 Å². The van der Waals surface area contributed by atoms with E-state index in [1.807, 2.05) is 17.1 Å². The van der Waals surface area contributed by atoms with Crippen LogP contribution in [0.4, 0.5) is 0 Å². The van der Waals surface area contributed by atoms with Crippen LogP contribution >= 0.6 is 0 Å². The summed E-state index contributed by atoms with van der Waals surface area (Å²) in [5.74, 6) is -1.05. The van der Waals surface area contributed by atoms with Gasteiger partial charge in [-0.1, -0.05) is 25.0 Å². The molecule has 0 radical (unpaired) electrons. The minimum absolute atomic E-state index is 0.0896. The maximum absolute atomic E-state index is 12.9. The molecule has 1 spiro atoms. The monoisotopic (exact) mass is 291 g/mol. The number of amides is 1. The van der Waals surface area contributed by atoms with Crippen LogP contribution < -0.4 is 0 Å². The van der Waals surface area contributed by atoms with E-state index in [-0.39, 0.29) is 23.9 Å². The predicted octanol–water partition coefficient (Wildman–Crippen LogP) is 1.27. The van der Waals surface area contributed by atoms with Crippen molar-refractivity contribution in [2.24, 2.45) is 11.8 Å². The van der Waals surface area contributed by atoms with Gasteiger partial charge in [-0.25, -0.2) is 0 Å². The van der Waals surface area contributed by atoms with Gasteiger partial charge in [0.1, 0.15) is 11.5 Å². The van der Waals surface area contributed by atoms with Crippen molar-refractivity contribution in [3.8, 4) is 0 Å². The Morgan fingerprint density at radius 2 is 2.24 bits per heavy atom. The summed E-state index contributed by atoms with van der Waals surface area (Å²) in [6.45, 7) is 2.73. The van der Waals surface area contributed by atoms with Crippen molar-refractivity contribution < 1.29 is 19.1 Å². The second-order valence-corrected chi connectivity index (χ2v) is 6.56. The number of fused-ring (bicyclic) bond motifs is 1. The van der Waals surface area contributed by atoms with Crippen molar-refractivity contribution in [2.45, 2.75) is 50.4 Å². The number of carbonyl (C=O) groups excluding carboxylic acids is 2. The minimum atomic E-state index is -0.582. The first kappa shape index (κ1) is 13.3. The molecule has 0 unspecified atom stereocenters. The Labute approximate surface area is 124 Å². The van der Waals surface area contributed by atoms with Crippen molar-refractivity contribution in [1.82, 2.24) is 4.90 Å². The summed E-state index contributed by atoms with van der Waals surface area (Å²) < 4.78 is 11.2. The van der Waals surface area contributed by atoms with Gasteiger partial charge in [0, 0.05) is 6.04 Å². The average molecular weight is 291 g/mol. The number of hydrogen-bond donors (Lipinski definition) is 0. The van der Waals surface area contributed by atoms with Crippen LogP contribution in [0, 0.1) is 11.8 Å². The van der Waals surface area contributed by atoms with Gasteiger partial charge in [0.05, 0.1) is 25.2 Å². The van der Waals surface area contributed by atoms with Crippen LogP contribution in [-0.2, 0) is 19.1 Å². The molecule has 0 aromatic rings. The molecule has 0 aromatic heterocycles. The molecule has 1 aliphatic carbocycles. The predicted molar refractivity (Wildman–Crippen MR) is 74.3 cm³/mol. The average Bonchev–Trinajstić information content (AvgIpc) is 3.19. The molecule has 0 N–H and O–H groups in total. The molecule has 3 fully saturated rings. The quantitative estimate of drug-likeness (QED) is 0.580. The number of likely N-dealkylation sites (tertiary alicyclic amines) is 1. The van der Waals surface area contributed by atoms with E-state index in [0.29, 0.717) is 19.2 Å². The maximum Gasteiger partial charge on any atom is 0.312 e. The zero-order valence-electron chi connectivity index (χ0n) is 12.3. The first-order valence-electron chi connectivity index (χ1n) is 8.00. The summed E-state index contributed by atoms with van der Waals surface area (Å²) in [7, 11) is 0. The Kier molecular flexibility index (Phi) is 2.89. The van der Waals surface area contributed by atoms with Gasteiger partial charge in [0.2, 0.25) is 5.91 Å². The van der Waals surface area contributed by atoms with Crippen LogP contribution in [0.15, 0.2) is 12.2 Å². The van der Waals surface area contributed by atoms with Crippen LogP contribution in [0.25, 0.3) is 0 Å². The smallest absolute Gasteiger partial charge is 0.312 e.